The van der Waals surface area contributed by atoms with Crippen LogP contribution in [0.2, 0.25) is 13.1 Å². The maximum atomic E-state index is 2.43. The molecule has 0 nitrogen and oxygen atoms in total. The normalized spacial score (nSPS) is 26.2. The highest BCUT2D eigenvalue weighted by Gasteiger charge is 2.18. The Balaban J connectivity index is 2.47. The second kappa shape index (κ2) is 2.93. The van der Waals surface area contributed by atoms with Gasteiger partial charge in [0.25, 0.3) is 0 Å². The number of hydrogen-bond acceptors (Lipinski definition) is 0. The molecule has 1 unspecified atom stereocenters. The SMILES string of the molecule is CC1=CC2=CCS(=[Si](C)C)C2=C1. The Kier molecular flexibility index (Phi) is 2.05. The topological polar surface area (TPSA) is 0 Å². The lowest BCUT2D eigenvalue weighted by atomic mass is 10.3. The van der Waals surface area contributed by atoms with E-state index >= 15 is 0 Å². The van der Waals surface area contributed by atoms with E-state index in [0.29, 0.717) is 9.89 Å². The van der Waals surface area contributed by atoms with Gasteiger partial charge in [-0.2, -0.15) is 9.89 Å². The Morgan fingerprint density at radius 2 is 2.08 bits per heavy atom. The van der Waals surface area contributed by atoms with Crippen LogP contribution in [0.3, 0.4) is 0 Å². The smallest absolute Gasteiger partial charge is 0.0421 e. The Labute approximate surface area is 77.8 Å². The van der Waals surface area contributed by atoms with Gasteiger partial charge in [0.15, 0.2) is 0 Å². The molecule has 0 aromatic heterocycles. The quantitative estimate of drug-likeness (QED) is 0.519. The van der Waals surface area contributed by atoms with E-state index in [4.69, 9.17) is 0 Å². The van der Waals surface area contributed by atoms with Crippen molar-refractivity contribution in [1.82, 2.24) is 0 Å². The summed E-state index contributed by atoms with van der Waals surface area (Å²) in [5.41, 5.74) is 2.97. The molecule has 0 aromatic carbocycles. The van der Waals surface area contributed by atoms with Gasteiger partial charge in [-0.25, -0.2) is 0 Å². The summed E-state index contributed by atoms with van der Waals surface area (Å²) in [7, 11) is 0.499. The van der Waals surface area contributed by atoms with Crippen molar-refractivity contribution in [3.05, 3.63) is 34.3 Å². The van der Waals surface area contributed by atoms with Crippen LogP contribution in [0.25, 0.3) is 0 Å². The first-order valence-corrected chi connectivity index (χ1v) is 8.92. The zero-order valence-electron chi connectivity index (χ0n) is 7.85. The van der Waals surface area contributed by atoms with Crippen LogP contribution in [0, 0.1) is 0 Å². The summed E-state index contributed by atoms with van der Waals surface area (Å²) in [5.74, 6) is 1.33. The minimum atomic E-state index is -0.114. The van der Waals surface area contributed by atoms with Crippen molar-refractivity contribution >= 4 is 17.4 Å². The van der Waals surface area contributed by atoms with Crippen molar-refractivity contribution < 1.29 is 0 Å². The van der Waals surface area contributed by atoms with Gasteiger partial charge in [-0.3, -0.25) is 0 Å². The summed E-state index contributed by atoms with van der Waals surface area (Å²) in [6.07, 6.45) is 7.13. The van der Waals surface area contributed by atoms with Gasteiger partial charge in [0.05, 0.1) is 0 Å². The molecule has 0 aromatic rings. The molecule has 0 N–H and O–H groups in total. The number of allylic oxidation sites excluding steroid dienone is 4. The van der Waals surface area contributed by atoms with E-state index in [1.807, 2.05) is 0 Å². The van der Waals surface area contributed by atoms with Gasteiger partial charge in [-0.15, -0.1) is 0 Å². The Morgan fingerprint density at radius 1 is 1.33 bits per heavy atom. The predicted molar refractivity (Wildman–Crippen MR) is 59.9 cm³/mol. The van der Waals surface area contributed by atoms with Gasteiger partial charge in [-0.1, -0.05) is 25.2 Å². The summed E-state index contributed by atoms with van der Waals surface area (Å²) in [4.78, 5) is 1.66. The van der Waals surface area contributed by atoms with E-state index in [1.165, 1.54) is 16.9 Å². The second-order valence-electron chi connectivity index (χ2n) is 3.52. The number of rotatable bonds is 0. The Hall–Kier alpha value is -0.213. The fourth-order valence-corrected chi connectivity index (χ4v) is 6.82. The summed E-state index contributed by atoms with van der Waals surface area (Å²) in [6.45, 7) is 7.06. The molecular formula is C10H14SSi. The van der Waals surface area contributed by atoms with E-state index in [0.717, 1.165) is 0 Å². The molecule has 1 atom stereocenters. The van der Waals surface area contributed by atoms with Crippen molar-refractivity contribution in [2.75, 3.05) is 5.75 Å². The zero-order valence-corrected chi connectivity index (χ0v) is 9.66. The van der Waals surface area contributed by atoms with Crippen LogP contribution in [0.1, 0.15) is 6.92 Å². The average Bonchev–Trinajstić information content (AvgIpc) is 2.43. The third-order valence-corrected chi connectivity index (χ3v) is 8.74. The summed E-state index contributed by atoms with van der Waals surface area (Å²) < 4.78 is 0. The second-order valence-corrected chi connectivity index (χ2v) is 10.8. The fourth-order valence-electron chi connectivity index (χ4n) is 1.67. The maximum absolute atomic E-state index is 2.43. The monoisotopic (exact) mass is 194 g/mol. The molecule has 2 aliphatic rings. The third kappa shape index (κ3) is 1.23. The summed E-state index contributed by atoms with van der Waals surface area (Å²) in [5, 5.41) is 0. The molecule has 64 valence electrons. The molecule has 0 bridgehead atoms. The standard InChI is InChI=1S/C10H14SSi/c1-8-6-9-4-5-11(12(2)3)10(9)7-8/h4,6-7H,5H2,1-3H3. The molecule has 0 amide bonds. The Bertz CT molecular complexity index is 352. The van der Waals surface area contributed by atoms with Crippen molar-refractivity contribution in [3.8, 4) is 0 Å². The molecule has 0 fully saturated rings. The highest BCUT2D eigenvalue weighted by atomic mass is 32.3. The minimum absolute atomic E-state index is 0.114. The molecular weight excluding hydrogens is 180 g/mol. The van der Waals surface area contributed by atoms with Crippen molar-refractivity contribution in [3.63, 3.8) is 0 Å². The predicted octanol–water partition coefficient (Wildman–Crippen LogP) is 3.29. The van der Waals surface area contributed by atoms with E-state index in [1.54, 1.807) is 4.91 Å². The van der Waals surface area contributed by atoms with Gasteiger partial charge < -0.3 is 0 Å². The van der Waals surface area contributed by atoms with Gasteiger partial charge >= 0.3 is 0 Å². The van der Waals surface area contributed by atoms with Gasteiger partial charge in [0, 0.05) is 18.2 Å². The maximum Gasteiger partial charge on any atom is 0.0421 e. The minimum Gasteiger partial charge on any atom is -0.178 e. The van der Waals surface area contributed by atoms with E-state index in [-0.39, 0.29) is 7.50 Å². The van der Waals surface area contributed by atoms with Crippen LogP contribution in [-0.2, 0) is 0 Å². The highest BCUT2D eigenvalue weighted by Crippen LogP contribution is 2.43. The zero-order chi connectivity index (χ0) is 8.72. The van der Waals surface area contributed by atoms with Crippen LogP contribution >= 0.6 is 9.89 Å². The third-order valence-electron chi connectivity index (χ3n) is 2.25. The molecule has 12 heavy (non-hydrogen) atoms. The van der Waals surface area contributed by atoms with Crippen LogP contribution < -0.4 is 0 Å². The molecule has 0 saturated carbocycles. The summed E-state index contributed by atoms with van der Waals surface area (Å²) >= 11 is 0. The first-order chi connectivity index (χ1) is 5.68. The first-order valence-electron chi connectivity index (χ1n) is 4.30. The fraction of sp³-hybridized carbons (Fsp3) is 0.400. The molecule has 0 radical (unpaired) electrons. The lowest BCUT2D eigenvalue weighted by Crippen LogP contribution is -1.86. The molecule has 1 aliphatic heterocycles. The lowest BCUT2D eigenvalue weighted by Gasteiger charge is -2.04. The van der Waals surface area contributed by atoms with Gasteiger partial charge in [0.2, 0.25) is 0 Å². The molecule has 1 heterocycles. The van der Waals surface area contributed by atoms with Crippen LogP contribution in [0.5, 0.6) is 0 Å². The van der Waals surface area contributed by atoms with Crippen molar-refractivity contribution in [1.29, 1.82) is 0 Å². The number of fused-ring (bicyclic) bond motifs is 1. The highest BCUT2D eigenvalue weighted by molar-refractivity contribution is 8.25. The lowest BCUT2D eigenvalue weighted by molar-refractivity contribution is 1.56. The largest absolute Gasteiger partial charge is 0.178 e. The summed E-state index contributed by atoms with van der Waals surface area (Å²) in [6, 6.07) is 0. The van der Waals surface area contributed by atoms with Crippen LogP contribution in [0.15, 0.2) is 34.3 Å². The van der Waals surface area contributed by atoms with Crippen molar-refractivity contribution in [2.24, 2.45) is 0 Å². The van der Waals surface area contributed by atoms with E-state index in [9.17, 15) is 0 Å². The van der Waals surface area contributed by atoms with Gasteiger partial charge in [-0.05, 0) is 24.1 Å². The molecule has 0 saturated heterocycles. The molecule has 1 aliphatic carbocycles. The van der Waals surface area contributed by atoms with E-state index < -0.39 is 0 Å². The van der Waals surface area contributed by atoms with E-state index in [2.05, 4.69) is 38.2 Å². The average molecular weight is 194 g/mol. The molecule has 2 rings (SSSR count). The first kappa shape index (κ1) is 8.39. The number of hydrogen-bond donors (Lipinski definition) is 0. The van der Waals surface area contributed by atoms with Crippen LogP contribution in [-0.4, -0.2) is 13.3 Å². The van der Waals surface area contributed by atoms with Crippen molar-refractivity contribution in [2.45, 2.75) is 20.0 Å². The van der Waals surface area contributed by atoms with Crippen LogP contribution in [0.4, 0.5) is 0 Å². The Morgan fingerprint density at radius 3 is 2.75 bits per heavy atom. The molecule has 2 heteroatoms. The van der Waals surface area contributed by atoms with Gasteiger partial charge in [0.1, 0.15) is 0 Å². The molecule has 0 spiro atoms.